The number of hydrogen-bond donors (Lipinski definition) is 4. The Bertz CT molecular complexity index is 891. The van der Waals surface area contributed by atoms with Crippen molar-refractivity contribution in [1.82, 2.24) is 19.7 Å². The van der Waals surface area contributed by atoms with Gasteiger partial charge in [-0.2, -0.15) is 4.68 Å². The van der Waals surface area contributed by atoms with Crippen LogP contribution < -0.4 is 16.4 Å². The van der Waals surface area contributed by atoms with Gasteiger partial charge in [0.1, 0.15) is 0 Å². The van der Waals surface area contributed by atoms with Crippen molar-refractivity contribution >= 4 is 34.9 Å². The summed E-state index contributed by atoms with van der Waals surface area (Å²) in [4.78, 5) is 19.4. The molecule has 0 unspecified atom stereocenters. The third-order valence-corrected chi connectivity index (χ3v) is 3.12. The van der Waals surface area contributed by atoms with E-state index in [0.717, 1.165) is 10.4 Å². The molecule has 0 bridgehead atoms. The van der Waals surface area contributed by atoms with Crippen LogP contribution in [-0.4, -0.2) is 30.9 Å². The predicted octanol–water partition coefficient (Wildman–Crippen LogP) is 2.58. The van der Waals surface area contributed by atoms with Crippen molar-refractivity contribution < 1.29 is 9.90 Å². The molecule has 1 aromatic carbocycles. The number of aryl methyl sites for hydroxylation is 1. The van der Waals surface area contributed by atoms with Crippen LogP contribution >= 0.6 is 0 Å². The van der Waals surface area contributed by atoms with Gasteiger partial charge in [-0.25, -0.2) is 9.78 Å². The minimum atomic E-state index is -1.15. The van der Waals surface area contributed by atoms with Gasteiger partial charge in [-0.1, -0.05) is 6.07 Å². The molecule has 0 radical (unpaired) electrons. The summed E-state index contributed by atoms with van der Waals surface area (Å²) in [5, 5.41) is 18.9. The maximum Gasteiger partial charge on any atom is 0.432 e. The smallest absolute Gasteiger partial charge is 0.432 e. The number of aromatic nitrogens is 4. The van der Waals surface area contributed by atoms with Crippen LogP contribution in [0.25, 0.3) is 0 Å². The number of anilines is 5. The second-order valence-corrected chi connectivity index (χ2v) is 5.03. The molecule has 5 N–H and O–H groups in total. The van der Waals surface area contributed by atoms with Gasteiger partial charge in [0.05, 0.1) is 12.4 Å². The lowest BCUT2D eigenvalue weighted by Gasteiger charge is -2.07. The van der Waals surface area contributed by atoms with Gasteiger partial charge in [-0.15, -0.1) is 5.10 Å². The summed E-state index contributed by atoms with van der Waals surface area (Å²) in [6, 6.07) is 8.86. The van der Waals surface area contributed by atoms with Gasteiger partial charge in [-0.05, 0) is 25.1 Å². The van der Waals surface area contributed by atoms with Crippen LogP contribution in [0.3, 0.4) is 0 Å². The highest BCUT2D eigenvalue weighted by molar-refractivity contribution is 5.69. The highest BCUT2D eigenvalue weighted by Gasteiger charge is 2.10. The Morgan fingerprint density at radius 1 is 1.17 bits per heavy atom. The molecule has 3 aromatic rings. The fourth-order valence-corrected chi connectivity index (χ4v) is 2.11. The van der Waals surface area contributed by atoms with Crippen molar-refractivity contribution in [2.45, 2.75) is 6.92 Å². The molecule has 0 aliphatic rings. The van der Waals surface area contributed by atoms with Crippen LogP contribution in [0.2, 0.25) is 0 Å². The Hall–Kier alpha value is -3.62. The topological polar surface area (TPSA) is 131 Å². The first-order valence-electron chi connectivity index (χ1n) is 7.03. The highest BCUT2D eigenvalue weighted by atomic mass is 16.4. The first-order valence-corrected chi connectivity index (χ1v) is 7.03. The number of carboxylic acid groups (broad SMARTS) is 1. The van der Waals surface area contributed by atoms with Gasteiger partial charge >= 0.3 is 6.09 Å². The Morgan fingerprint density at radius 3 is 2.58 bits per heavy atom. The van der Waals surface area contributed by atoms with E-state index in [-0.39, 0.29) is 0 Å². The third kappa shape index (κ3) is 3.40. The Balaban J connectivity index is 1.78. The zero-order valence-electron chi connectivity index (χ0n) is 12.8. The Labute approximate surface area is 137 Å². The number of benzene rings is 1. The first kappa shape index (κ1) is 15.3. The van der Waals surface area contributed by atoms with E-state index in [0.29, 0.717) is 28.8 Å². The van der Waals surface area contributed by atoms with E-state index in [2.05, 4.69) is 25.7 Å². The Morgan fingerprint density at radius 2 is 1.92 bits per heavy atom. The standard InChI is InChI=1S/C15H15N7O2/c1-9-5-12(21-22(9)15(23)24)19-14-8-17-7-13(20-14)18-11-4-2-3-10(16)6-11/h2-8H,16H2,1H3,(H,23,24)(H2,18,19,20,21). The fourth-order valence-electron chi connectivity index (χ4n) is 2.11. The van der Waals surface area contributed by atoms with Crippen LogP contribution in [0.5, 0.6) is 0 Å². The van der Waals surface area contributed by atoms with E-state index in [1.807, 2.05) is 12.1 Å². The molecule has 0 amide bonds. The molecular formula is C15H15N7O2. The number of rotatable bonds is 4. The zero-order chi connectivity index (χ0) is 17.1. The number of nitrogens with one attached hydrogen (secondary N) is 2. The number of nitrogen functional groups attached to an aromatic ring is 1. The van der Waals surface area contributed by atoms with Gasteiger partial charge in [0.2, 0.25) is 0 Å². The van der Waals surface area contributed by atoms with Gasteiger partial charge in [-0.3, -0.25) is 4.98 Å². The summed E-state index contributed by atoms with van der Waals surface area (Å²) in [5.41, 5.74) is 7.65. The van der Waals surface area contributed by atoms with E-state index < -0.39 is 6.09 Å². The fraction of sp³-hybridized carbons (Fsp3) is 0.0667. The zero-order valence-corrected chi connectivity index (χ0v) is 12.8. The van der Waals surface area contributed by atoms with E-state index >= 15 is 0 Å². The summed E-state index contributed by atoms with van der Waals surface area (Å²) in [6.07, 6.45) is 1.93. The molecule has 0 aliphatic heterocycles. The van der Waals surface area contributed by atoms with Crippen molar-refractivity contribution in [1.29, 1.82) is 0 Å². The quantitative estimate of drug-likeness (QED) is 0.538. The third-order valence-electron chi connectivity index (χ3n) is 3.12. The lowest BCUT2D eigenvalue weighted by molar-refractivity contribution is 0.192. The minimum absolute atomic E-state index is 0.366. The molecule has 0 aliphatic carbocycles. The summed E-state index contributed by atoms with van der Waals surface area (Å²) in [6.45, 7) is 1.65. The number of carbonyl (C=O) groups is 1. The second-order valence-electron chi connectivity index (χ2n) is 5.03. The molecule has 2 aromatic heterocycles. The summed E-state index contributed by atoms with van der Waals surface area (Å²) in [5.74, 6) is 1.31. The van der Waals surface area contributed by atoms with E-state index in [9.17, 15) is 4.79 Å². The highest BCUT2D eigenvalue weighted by Crippen LogP contribution is 2.19. The molecule has 2 heterocycles. The van der Waals surface area contributed by atoms with E-state index in [1.165, 1.54) is 6.20 Å². The molecule has 0 saturated carbocycles. The van der Waals surface area contributed by atoms with Crippen molar-refractivity contribution in [2.24, 2.45) is 0 Å². The normalized spacial score (nSPS) is 10.4. The van der Waals surface area contributed by atoms with Gasteiger partial charge in [0.25, 0.3) is 0 Å². The molecular weight excluding hydrogens is 310 g/mol. The lowest BCUT2D eigenvalue weighted by Crippen LogP contribution is -2.11. The van der Waals surface area contributed by atoms with Crippen LogP contribution in [0.15, 0.2) is 42.7 Å². The lowest BCUT2D eigenvalue weighted by atomic mass is 10.3. The van der Waals surface area contributed by atoms with Gasteiger partial charge < -0.3 is 21.5 Å². The molecule has 0 saturated heterocycles. The van der Waals surface area contributed by atoms with Crippen molar-refractivity contribution in [2.75, 3.05) is 16.4 Å². The van der Waals surface area contributed by atoms with Crippen LogP contribution in [0.1, 0.15) is 5.69 Å². The van der Waals surface area contributed by atoms with Gasteiger partial charge in [0.15, 0.2) is 17.5 Å². The van der Waals surface area contributed by atoms with Crippen LogP contribution in [0.4, 0.5) is 33.6 Å². The summed E-state index contributed by atoms with van der Waals surface area (Å²) < 4.78 is 0.880. The molecule has 3 rings (SSSR count). The molecule has 9 heteroatoms. The summed E-state index contributed by atoms with van der Waals surface area (Å²) in [7, 11) is 0. The predicted molar refractivity (Wildman–Crippen MR) is 89.8 cm³/mol. The number of nitrogens with zero attached hydrogens (tertiary/aromatic N) is 4. The first-order chi connectivity index (χ1) is 11.5. The molecule has 122 valence electrons. The largest absolute Gasteiger partial charge is 0.463 e. The van der Waals surface area contributed by atoms with E-state index in [4.69, 9.17) is 10.8 Å². The molecule has 0 fully saturated rings. The molecule has 9 nitrogen and oxygen atoms in total. The molecule has 24 heavy (non-hydrogen) atoms. The van der Waals surface area contributed by atoms with Crippen LogP contribution in [-0.2, 0) is 0 Å². The maximum absolute atomic E-state index is 11.0. The summed E-state index contributed by atoms with van der Waals surface area (Å²) >= 11 is 0. The SMILES string of the molecule is Cc1cc(Nc2cncc(Nc3cccc(N)c3)n2)nn1C(=O)O. The minimum Gasteiger partial charge on any atom is -0.463 e. The van der Waals surface area contributed by atoms with Crippen molar-refractivity contribution in [3.8, 4) is 0 Å². The monoisotopic (exact) mass is 325 g/mol. The van der Waals surface area contributed by atoms with Gasteiger partial charge in [0, 0.05) is 23.1 Å². The van der Waals surface area contributed by atoms with Crippen LogP contribution in [0, 0.1) is 6.92 Å². The number of nitrogens with two attached hydrogens (primary N) is 1. The maximum atomic E-state index is 11.0. The molecule has 0 spiro atoms. The van der Waals surface area contributed by atoms with Crippen molar-refractivity contribution in [3.63, 3.8) is 0 Å². The van der Waals surface area contributed by atoms with E-state index in [1.54, 1.807) is 31.3 Å². The molecule has 0 atom stereocenters. The number of hydrogen-bond acceptors (Lipinski definition) is 7. The second kappa shape index (κ2) is 6.24. The average molecular weight is 325 g/mol. The Kier molecular flexibility index (Phi) is 3.98. The average Bonchev–Trinajstić information content (AvgIpc) is 2.88. The van der Waals surface area contributed by atoms with Crippen molar-refractivity contribution in [3.05, 3.63) is 48.4 Å².